The Bertz CT molecular complexity index is 737. The van der Waals surface area contributed by atoms with Gasteiger partial charge in [-0.05, 0) is 55.3 Å². The fourth-order valence-corrected chi connectivity index (χ4v) is 3.05. The zero-order chi connectivity index (χ0) is 15.6. The van der Waals surface area contributed by atoms with Crippen LogP contribution in [0.2, 0.25) is 0 Å². The van der Waals surface area contributed by atoms with Crippen molar-refractivity contribution >= 4 is 15.7 Å². The molecule has 0 heterocycles. The number of aliphatic hydroxyl groups excluding tert-OH is 1. The lowest BCUT2D eigenvalue weighted by atomic mass is 10.1. The van der Waals surface area contributed by atoms with Crippen molar-refractivity contribution in [1.82, 2.24) is 0 Å². The van der Waals surface area contributed by atoms with Crippen molar-refractivity contribution in [2.75, 3.05) is 4.72 Å². The van der Waals surface area contributed by atoms with E-state index in [-0.39, 0.29) is 10.6 Å². The van der Waals surface area contributed by atoms with Gasteiger partial charge in [-0.1, -0.05) is 12.1 Å². The van der Waals surface area contributed by atoms with Gasteiger partial charge in [-0.3, -0.25) is 4.72 Å². The number of hydrogen-bond acceptors (Lipinski definition) is 3. The van der Waals surface area contributed by atoms with Gasteiger partial charge < -0.3 is 5.11 Å². The fraction of sp³-hybridized carbons (Fsp3) is 0.200. The van der Waals surface area contributed by atoms with Crippen molar-refractivity contribution in [3.8, 4) is 0 Å². The molecule has 2 N–H and O–H groups in total. The molecule has 0 aliphatic heterocycles. The van der Waals surface area contributed by atoms with Crippen LogP contribution >= 0.6 is 0 Å². The summed E-state index contributed by atoms with van der Waals surface area (Å²) in [5.41, 5.74) is 1.27. The van der Waals surface area contributed by atoms with Crippen LogP contribution in [0.25, 0.3) is 0 Å². The van der Waals surface area contributed by atoms with Crippen LogP contribution in [-0.2, 0) is 10.0 Å². The highest BCUT2D eigenvalue weighted by molar-refractivity contribution is 7.92. The van der Waals surface area contributed by atoms with Gasteiger partial charge in [0.05, 0.1) is 16.7 Å². The summed E-state index contributed by atoms with van der Waals surface area (Å²) in [6.45, 7) is 3.23. The van der Waals surface area contributed by atoms with E-state index in [9.17, 15) is 17.9 Å². The summed E-state index contributed by atoms with van der Waals surface area (Å²) < 4.78 is 40.2. The Labute approximate surface area is 123 Å². The minimum atomic E-state index is -3.83. The van der Waals surface area contributed by atoms with Crippen molar-refractivity contribution in [1.29, 1.82) is 0 Å². The van der Waals surface area contributed by atoms with E-state index in [0.717, 1.165) is 6.07 Å². The van der Waals surface area contributed by atoms with E-state index < -0.39 is 21.9 Å². The van der Waals surface area contributed by atoms with Crippen LogP contribution in [0, 0.1) is 12.7 Å². The molecule has 1 atom stereocenters. The lowest BCUT2D eigenvalue weighted by Gasteiger charge is -2.11. The van der Waals surface area contributed by atoms with Gasteiger partial charge in [0, 0.05) is 0 Å². The Balaban J connectivity index is 2.36. The number of anilines is 1. The molecule has 0 aliphatic carbocycles. The predicted octanol–water partition coefficient (Wildman–Crippen LogP) is 2.99. The minimum absolute atomic E-state index is 0.0165. The molecule has 2 aromatic carbocycles. The molecule has 0 amide bonds. The van der Waals surface area contributed by atoms with Crippen LogP contribution in [0.4, 0.5) is 10.1 Å². The smallest absolute Gasteiger partial charge is 0.261 e. The third kappa shape index (κ3) is 3.80. The monoisotopic (exact) mass is 309 g/mol. The Kier molecular flexibility index (Phi) is 4.29. The van der Waals surface area contributed by atoms with E-state index in [0.29, 0.717) is 11.1 Å². The average Bonchev–Trinajstić information content (AvgIpc) is 2.37. The fourth-order valence-electron chi connectivity index (χ4n) is 1.95. The second-order valence-corrected chi connectivity index (χ2v) is 6.55. The van der Waals surface area contributed by atoms with Gasteiger partial charge in [0.2, 0.25) is 0 Å². The number of aliphatic hydroxyl groups is 1. The van der Waals surface area contributed by atoms with Crippen molar-refractivity contribution in [3.63, 3.8) is 0 Å². The van der Waals surface area contributed by atoms with Crippen LogP contribution in [0.1, 0.15) is 24.2 Å². The van der Waals surface area contributed by atoms with E-state index in [1.54, 1.807) is 32.0 Å². The number of hydrogen-bond donors (Lipinski definition) is 2. The summed E-state index contributed by atoms with van der Waals surface area (Å²) in [5, 5.41) is 9.51. The van der Waals surface area contributed by atoms with Crippen molar-refractivity contribution in [2.24, 2.45) is 0 Å². The molecule has 0 bridgehead atoms. The second-order valence-electron chi connectivity index (χ2n) is 4.87. The predicted molar refractivity (Wildman–Crippen MR) is 79.0 cm³/mol. The van der Waals surface area contributed by atoms with Gasteiger partial charge in [-0.25, -0.2) is 12.8 Å². The molecule has 0 spiro atoms. The molecule has 0 radical (unpaired) electrons. The number of sulfonamides is 1. The van der Waals surface area contributed by atoms with Crippen LogP contribution in [0.15, 0.2) is 47.4 Å². The first-order valence-corrected chi connectivity index (χ1v) is 7.84. The molecule has 6 heteroatoms. The number of rotatable bonds is 4. The van der Waals surface area contributed by atoms with Gasteiger partial charge in [-0.2, -0.15) is 0 Å². The summed E-state index contributed by atoms with van der Waals surface area (Å²) in [6, 6.07) is 9.96. The number of halogens is 1. The molecule has 4 nitrogen and oxygen atoms in total. The minimum Gasteiger partial charge on any atom is -0.389 e. The molecular weight excluding hydrogens is 293 g/mol. The number of aryl methyl sites for hydroxylation is 1. The SMILES string of the molecule is Cc1cc(F)cc(NS(=O)(=O)c2cccc(C(C)O)c2)c1. The zero-order valence-corrected chi connectivity index (χ0v) is 12.5. The quantitative estimate of drug-likeness (QED) is 0.912. The summed E-state index contributed by atoms with van der Waals surface area (Å²) in [5.74, 6) is -0.509. The van der Waals surface area contributed by atoms with Gasteiger partial charge in [0.25, 0.3) is 10.0 Å². The highest BCUT2D eigenvalue weighted by Crippen LogP contribution is 2.21. The van der Waals surface area contributed by atoms with Crippen LogP contribution in [-0.4, -0.2) is 13.5 Å². The molecule has 0 saturated heterocycles. The maximum Gasteiger partial charge on any atom is 0.261 e. The normalized spacial score (nSPS) is 13.0. The number of nitrogens with one attached hydrogen (secondary N) is 1. The van der Waals surface area contributed by atoms with E-state index in [1.807, 2.05) is 0 Å². The largest absolute Gasteiger partial charge is 0.389 e. The molecule has 1 unspecified atom stereocenters. The van der Waals surface area contributed by atoms with E-state index in [1.165, 1.54) is 18.2 Å². The standard InChI is InChI=1S/C15H16FNO3S/c1-10-6-13(16)9-14(7-10)17-21(19,20)15-5-3-4-12(8-15)11(2)18/h3-9,11,17-18H,1-2H3. The highest BCUT2D eigenvalue weighted by atomic mass is 32.2. The first kappa shape index (κ1) is 15.5. The molecule has 0 aromatic heterocycles. The van der Waals surface area contributed by atoms with Crippen molar-refractivity contribution < 1.29 is 17.9 Å². The van der Waals surface area contributed by atoms with Crippen LogP contribution < -0.4 is 4.72 Å². The van der Waals surface area contributed by atoms with E-state index >= 15 is 0 Å². The molecule has 0 saturated carbocycles. The first-order valence-electron chi connectivity index (χ1n) is 6.36. The third-order valence-electron chi connectivity index (χ3n) is 2.95. The zero-order valence-electron chi connectivity index (χ0n) is 11.7. The van der Waals surface area contributed by atoms with Crippen molar-refractivity contribution in [2.45, 2.75) is 24.8 Å². The summed E-state index contributed by atoms with van der Waals surface area (Å²) in [4.78, 5) is 0.0165. The van der Waals surface area contributed by atoms with Crippen molar-refractivity contribution in [3.05, 3.63) is 59.4 Å². The summed E-state index contributed by atoms with van der Waals surface area (Å²) in [7, 11) is -3.83. The lowest BCUT2D eigenvalue weighted by Crippen LogP contribution is -2.13. The summed E-state index contributed by atoms with van der Waals surface area (Å²) >= 11 is 0. The molecule has 2 aromatic rings. The van der Waals surface area contributed by atoms with E-state index in [2.05, 4.69) is 4.72 Å². The molecule has 0 fully saturated rings. The van der Waals surface area contributed by atoms with Gasteiger partial charge in [0.15, 0.2) is 0 Å². The first-order chi connectivity index (χ1) is 9.78. The Morgan fingerprint density at radius 3 is 2.52 bits per heavy atom. The second kappa shape index (κ2) is 5.83. The third-order valence-corrected chi connectivity index (χ3v) is 4.32. The number of benzene rings is 2. The maximum atomic E-state index is 13.3. The Morgan fingerprint density at radius 2 is 1.90 bits per heavy atom. The Morgan fingerprint density at radius 1 is 1.19 bits per heavy atom. The topological polar surface area (TPSA) is 66.4 Å². The average molecular weight is 309 g/mol. The maximum absolute atomic E-state index is 13.3. The molecular formula is C15H16FNO3S. The highest BCUT2D eigenvalue weighted by Gasteiger charge is 2.16. The Hall–Kier alpha value is -1.92. The lowest BCUT2D eigenvalue weighted by molar-refractivity contribution is 0.199. The summed E-state index contributed by atoms with van der Waals surface area (Å²) in [6.07, 6.45) is -0.767. The molecule has 21 heavy (non-hydrogen) atoms. The van der Waals surface area contributed by atoms with Crippen LogP contribution in [0.5, 0.6) is 0 Å². The van der Waals surface area contributed by atoms with Gasteiger partial charge in [0.1, 0.15) is 5.82 Å². The van der Waals surface area contributed by atoms with E-state index in [4.69, 9.17) is 0 Å². The van der Waals surface area contributed by atoms with Gasteiger partial charge >= 0.3 is 0 Å². The van der Waals surface area contributed by atoms with Crippen LogP contribution in [0.3, 0.4) is 0 Å². The molecule has 112 valence electrons. The molecule has 0 aliphatic rings. The van der Waals surface area contributed by atoms with Gasteiger partial charge in [-0.15, -0.1) is 0 Å². The molecule has 2 rings (SSSR count).